The smallest absolute Gasteiger partial charge is 0.292 e. The van der Waals surface area contributed by atoms with E-state index in [1.54, 1.807) is 0 Å². The molecule has 0 radical (unpaired) electrons. The Kier molecular flexibility index (Phi) is 3.99. The number of anilines is 1. The molecule has 0 atom stereocenters. The van der Waals surface area contributed by atoms with Crippen LogP contribution in [0.2, 0.25) is 0 Å². The normalized spacial score (nSPS) is 16.9. The third-order valence-electron chi connectivity index (χ3n) is 3.54. The van der Waals surface area contributed by atoms with E-state index in [4.69, 9.17) is 5.73 Å². The molecule has 0 saturated heterocycles. The Morgan fingerprint density at radius 3 is 2.70 bits per heavy atom. The molecular weight excluding hydrogens is 265 g/mol. The van der Waals surface area contributed by atoms with Crippen LogP contribution >= 0.6 is 0 Å². The lowest BCUT2D eigenvalue weighted by Gasteiger charge is -2.22. The molecule has 1 amide bonds. The lowest BCUT2D eigenvalue weighted by atomic mass is 9.94. The second-order valence-electron chi connectivity index (χ2n) is 5.21. The molecule has 0 aliphatic heterocycles. The summed E-state index contributed by atoms with van der Waals surface area (Å²) >= 11 is 0. The van der Waals surface area contributed by atoms with Gasteiger partial charge < -0.3 is 11.1 Å². The quantitative estimate of drug-likeness (QED) is 0.653. The maximum atomic E-state index is 13.1. The predicted octanol–water partition coefficient (Wildman–Crippen LogP) is 2.33. The summed E-state index contributed by atoms with van der Waals surface area (Å²) in [5.41, 5.74) is 5.05. The number of nitro groups is 1. The number of hydrogen-bond acceptors (Lipinski definition) is 4. The molecule has 7 heteroatoms. The molecule has 0 bridgehead atoms. The minimum atomic E-state index is -0.664. The molecule has 0 unspecified atom stereocenters. The van der Waals surface area contributed by atoms with Gasteiger partial charge in [-0.2, -0.15) is 0 Å². The maximum Gasteiger partial charge on any atom is 0.292 e. The van der Waals surface area contributed by atoms with E-state index in [-0.39, 0.29) is 17.8 Å². The molecule has 1 saturated carbocycles. The molecule has 1 aromatic carbocycles. The van der Waals surface area contributed by atoms with Crippen molar-refractivity contribution in [3.8, 4) is 0 Å². The standard InChI is InChI=1S/C13H16FN3O3/c14-9-3-4-11(17(19)20)10(7-9)16-12(18)8-13(15)5-1-2-6-13/h3-4,7H,1-2,5-6,8,15H2,(H,16,18). The van der Waals surface area contributed by atoms with Crippen LogP contribution in [0.1, 0.15) is 32.1 Å². The number of carbonyl (C=O) groups excluding carboxylic acids is 1. The van der Waals surface area contributed by atoms with Crippen LogP contribution in [0.4, 0.5) is 15.8 Å². The van der Waals surface area contributed by atoms with Crippen molar-refractivity contribution >= 4 is 17.3 Å². The summed E-state index contributed by atoms with van der Waals surface area (Å²) in [4.78, 5) is 22.1. The van der Waals surface area contributed by atoms with Crippen LogP contribution in [-0.4, -0.2) is 16.4 Å². The highest BCUT2D eigenvalue weighted by Gasteiger charge is 2.32. The number of nitrogens with two attached hydrogens (primary N) is 1. The van der Waals surface area contributed by atoms with Crippen molar-refractivity contribution in [2.45, 2.75) is 37.6 Å². The van der Waals surface area contributed by atoms with E-state index in [0.29, 0.717) is 0 Å². The van der Waals surface area contributed by atoms with Gasteiger partial charge in [-0.1, -0.05) is 12.8 Å². The Labute approximate surface area is 115 Å². The van der Waals surface area contributed by atoms with Crippen LogP contribution in [-0.2, 0) is 4.79 Å². The van der Waals surface area contributed by atoms with Gasteiger partial charge in [-0.25, -0.2) is 4.39 Å². The minimum absolute atomic E-state index is 0.0840. The zero-order valence-electron chi connectivity index (χ0n) is 10.9. The van der Waals surface area contributed by atoms with Crippen LogP contribution < -0.4 is 11.1 Å². The van der Waals surface area contributed by atoms with Gasteiger partial charge in [0.1, 0.15) is 11.5 Å². The fourth-order valence-corrected chi connectivity index (χ4v) is 2.54. The summed E-state index contributed by atoms with van der Waals surface area (Å²) in [6, 6.07) is 2.95. The van der Waals surface area contributed by atoms with Gasteiger partial charge in [0, 0.05) is 24.1 Å². The zero-order valence-corrected chi connectivity index (χ0v) is 10.9. The van der Waals surface area contributed by atoms with E-state index in [0.717, 1.165) is 43.9 Å². The number of rotatable bonds is 4. The number of halogens is 1. The van der Waals surface area contributed by atoms with Crippen molar-refractivity contribution in [1.29, 1.82) is 0 Å². The molecule has 0 spiro atoms. The fourth-order valence-electron chi connectivity index (χ4n) is 2.54. The van der Waals surface area contributed by atoms with Crippen LogP contribution in [0.3, 0.4) is 0 Å². The van der Waals surface area contributed by atoms with E-state index in [2.05, 4.69) is 5.32 Å². The number of carbonyl (C=O) groups is 1. The minimum Gasteiger partial charge on any atom is -0.325 e. The van der Waals surface area contributed by atoms with Gasteiger partial charge in [-0.05, 0) is 18.9 Å². The largest absolute Gasteiger partial charge is 0.325 e. The molecule has 0 aromatic heterocycles. The molecular formula is C13H16FN3O3. The molecule has 1 aliphatic carbocycles. The predicted molar refractivity (Wildman–Crippen MR) is 71.7 cm³/mol. The number of nitrogens with one attached hydrogen (secondary N) is 1. The van der Waals surface area contributed by atoms with Gasteiger partial charge >= 0.3 is 0 Å². The van der Waals surface area contributed by atoms with Crippen molar-refractivity contribution in [1.82, 2.24) is 0 Å². The average Bonchev–Trinajstić information content (AvgIpc) is 2.74. The van der Waals surface area contributed by atoms with E-state index in [1.807, 2.05) is 0 Å². The summed E-state index contributed by atoms with van der Waals surface area (Å²) in [7, 11) is 0. The first-order valence-corrected chi connectivity index (χ1v) is 6.42. The van der Waals surface area contributed by atoms with E-state index in [1.165, 1.54) is 0 Å². The summed E-state index contributed by atoms with van der Waals surface area (Å²) in [6.45, 7) is 0. The lowest BCUT2D eigenvalue weighted by Crippen LogP contribution is -2.40. The molecule has 2 rings (SSSR count). The van der Waals surface area contributed by atoms with Gasteiger partial charge in [0.25, 0.3) is 5.69 Å². The average molecular weight is 281 g/mol. The number of nitrogens with zero attached hydrogens (tertiary/aromatic N) is 1. The van der Waals surface area contributed by atoms with Gasteiger partial charge in [-0.15, -0.1) is 0 Å². The van der Waals surface area contributed by atoms with E-state index < -0.39 is 22.2 Å². The number of benzene rings is 1. The summed E-state index contributed by atoms with van der Waals surface area (Å²) < 4.78 is 13.1. The monoisotopic (exact) mass is 281 g/mol. The van der Waals surface area contributed by atoms with Crippen molar-refractivity contribution in [3.05, 3.63) is 34.1 Å². The first kappa shape index (κ1) is 14.4. The molecule has 6 nitrogen and oxygen atoms in total. The fraction of sp³-hybridized carbons (Fsp3) is 0.462. The van der Waals surface area contributed by atoms with Crippen molar-refractivity contribution in [2.24, 2.45) is 5.73 Å². The van der Waals surface area contributed by atoms with E-state index >= 15 is 0 Å². The Morgan fingerprint density at radius 1 is 1.45 bits per heavy atom. The van der Waals surface area contributed by atoms with Gasteiger partial charge in [-0.3, -0.25) is 14.9 Å². The molecule has 3 N–H and O–H groups in total. The Hall–Kier alpha value is -2.02. The second kappa shape index (κ2) is 5.54. The molecule has 1 aromatic rings. The molecule has 20 heavy (non-hydrogen) atoms. The van der Waals surface area contributed by atoms with Crippen molar-refractivity contribution in [2.75, 3.05) is 5.32 Å². The molecule has 108 valence electrons. The highest BCUT2D eigenvalue weighted by molar-refractivity contribution is 5.93. The Morgan fingerprint density at radius 2 is 2.10 bits per heavy atom. The summed E-state index contributed by atoms with van der Waals surface area (Å²) in [5, 5.41) is 13.2. The Balaban J connectivity index is 2.11. The van der Waals surface area contributed by atoms with Crippen LogP contribution in [0.15, 0.2) is 18.2 Å². The lowest BCUT2D eigenvalue weighted by molar-refractivity contribution is -0.384. The van der Waals surface area contributed by atoms with Gasteiger partial charge in [0.2, 0.25) is 5.91 Å². The molecule has 1 aliphatic rings. The summed E-state index contributed by atoms with van der Waals surface area (Å²) in [5.74, 6) is -1.07. The number of nitro benzene ring substituents is 1. The Bertz CT molecular complexity index is 542. The van der Waals surface area contributed by atoms with Gasteiger partial charge in [0.05, 0.1) is 4.92 Å². The van der Waals surface area contributed by atoms with E-state index in [9.17, 15) is 19.3 Å². The summed E-state index contributed by atoms with van der Waals surface area (Å²) in [6.07, 6.45) is 3.55. The first-order chi connectivity index (χ1) is 9.39. The highest BCUT2D eigenvalue weighted by Crippen LogP contribution is 2.31. The van der Waals surface area contributed by atoms with Crippen molar-refractivity contribution < 1.29 is 14.1 Å². The third-order valence-corrected chi connectivity index (χ3v) is 3.54. The maximum absolute atomic E-state index is 13.1. The topological polar surface area (TPSA) is 98.3 Å². The molecule has 0 heterocycles. The van der Waals surface area contributed by atoms with Crippen LogP contribution in [0, 0.1) is 15.9 Å². The van der Waals surface area contributed by atoms with Gasteiger partial charge in [0.15, 0.2) is 0 Å². The third kappa shape index (κ3) is 3.30. The van der Waals surface area contributed by atoms with Crippen molar-refractivity contribution in [3.63, 3.8) is 0 Å². The molecule has 1 fully saturated rings. The number of amides is 1. The SMILES string of the molecule is NC1(CC(=O)Nc2cc(F)ccc2[N+](=O)[O-])CCCC1. The zero-order chi connectivity index (χ0) is 14.8. The number of hydrogen-bond donors (Lipinski definition) is 2. The highest BCUT2D eigenvalue weighted by atomic mass is 19.1. The van der Waals surface area contributed by atoms with Crippen LogP contribution in [0.5, 0.6) is 0 Å². The van der Waals surface area contributed by atoms with Crippen LogP contribution in [0.25, 0.3) is 0 Å². The first-order valence-electron chi connectivity index (χ1n) is 6.42. The second-order valence-corrected chi connectivity index (χ2v) is 5.21.